The molecule has 0 fully saturated rings. The molecule has 0 heterocycles. The molecule has 27 heavy (non-hydrogen) atoms. The highest BCUT2D eigenvalue weighted by Gasteiger charge is 2.13. The predicted octanol–water partition coefficient (Wildman–Crippen LogP) is 2.58. The van der Waals surface area contributed by atoms with E-state index in [4.69, 9.17) is 30.9 Å². The first kappa shape index (κ1) is 20.1. The van der Waals surface area contributed by atoms with Crippen molar-refractivity contribution in [1.29, 1.82) is 0 Å². The van der Waals surface area contributed by atoms with Crippen LogP contribution >= 0.6 is 11.6 Å². The highest BCUT2D eigenvalue weighted by Crippen LogP contribution is 2.36. The van der Waals surface area contributed by atoms with Crippen molar-refractivity contribution in [3.05, 3.63) is 52.5 Å². The molecule has 0 saturated heterocycles. The fourth-order valence-electron chi connectivity index (χ4n) is 2.15. The van der Waals surface area contributed by atoms with Crippen LogP contribution in [0.4, 0.5) is 0 Å². The Balaban J connectivity index is 2.13. The van der Waals surface area contributed by atoms with Gasteiger partial charge in [-0.3, -0.25) is 4.79 Å². The van der Waals surface area contributed by atoms with E-state index in [1.54, 1.807) is 30.3 Å². The van der Waals surface area contributed by atoms with Crippen molar-refractivity contribution in [3.63, 3.8) is 0 Å². The topological polar surface area (TPSA) is 106 Å². The Morgan fingerprint density at radius 1 is 1.19 bits per heavy atom. The van der Waals surface area contributed by atoms with Gasteiger partial charge in [0.25, 0.3) is 5.91 Å². The fraction of sp³-hybridized carbons (Fsp3) is 0.167. The molecule has 142 valence electrons. The number of hydrogen-bond acceptors (Lipinski definition) is 6. The van der Waals surface area contributed by atoms with Crippen LogP contribution in [0.15, 0.2) is 41.5 Å². The van der Waals surface area contributed by atoms with Gasteiger partial charge in [-0.15, -0.1) is 0 Å². The molecule has 9 heteroatoms. The Hall–Kier alpha value is -3.26. The third-order valence-corrected chi connectivity index (χ3v) is 3.60. The van der Waals surface area contributed by atoms with Crippen molar-refractivity contribution in [1.82, 2.24) is 5.43 Å². The van der Waals surface area contributed by atoms with Crippen molar-refractivity contribution in [3.8, 4) is 17.2 Å². The van der Waals surface area contributed by atoms with Crippen molar-refractivity contribution >= 4 is 29.7 Å². The lowest BCUT2D eigenvalue weighted by Gasteiger charge is -2.11. The summed E-state index contributed by atoms with van der Waals surface area (Å²) in [6.07, 6.45) is 1.36. The lowest BCUT2D eigenvalue weighted by atomic mass is 10.2. The summed E-state index contributed by atoms with van der Waals surface area (Å²) >= 11 is 6.11. The van der Waals surface area contributed by atoms with Gasteiger partial charge in [-0.2, -0.15) is 5.10 Å². The standard InChI is InChI=1S/C18H17ClN2O6/c1-25-14-6-4-3-5-12(14)18(24)21-20-9-11-7-13(19)17(15(8-11)26-2)27-10-16(22)23/h3-9H,10H2,1-2H3,(H,21,24)(H,22,23)/b20-9-. The summed E-state index contributed by atoms with van der Waals surface area (Å²) in [5.74, 6) is -0.811. The highest BCUT2D eigenvalue weighted by atomic mass is 35.5. The van der Waals surface area contributed by atoms with E-state index in [9.17, 15) is 9.59 Å². The van der Waals surface area contributed by atoms with Crippen molar-refractivity contribution in [2.45, 2.75) is 0 Å². The number of aliphatic carboxylic acids is 1. The Labute approximate surface area is 160 Å². The average molecular weight is 393 g/mol. The van der Waals surface area contributed by atoms with Crippen molar-refractivity contribution in [2.24, 2.45) is 5.10 Å². The SMILES string of the molecule is COc1ccccc1C(=O)N/N=C\c1cc(Cl)c(OCC(=O)O)c(OC)c1. The third-order valence-electron chi connectivity index (χ3n) is 3.32. The van der Waals surface area contributed by atoms with E-state index in [1.165, 1.54) is 26.5 Å². The number of nitrogens with zero attached hydrogens (tertiary/aromatic N) is 1. The molecule has 0 bridgehead atoms. The molecule has 0 saturated carbocycles. The van der Waals surface area contributed by atoms with Gasteiger partial charge in [-0.25, -0.2) is 10.2 Å². The van der Waals surface area contributed by atoms with Gasteiger partial charge in [-0.1, -0.05) is 23.7 Å². The van der Waals surface area contributed by atoms with E-state index in [-0.39, 0.29) is 16.5 Å². The molecule has 2 N–H and O–H groups in total. The summed E-state index contributed by atoms with van der Waals surface area (Å²) in [5, 5.41) is 12.7. The van der Waals surface area contributed by atoms with Crippen LogP contribution in [0, 0.1) is 0 Å². The zero-order chi connectivity index (χ0) is 19.8. The van der Waals surface area contributed by atoms with Crippen molar-refractivity contribution in [2.75, 3.05) is 20.8 Å². The average Bonchev–Trinajstić information content (AvgIpc) is 2.66. The van der Waals surface area contributed by atoms with E-state index in [1.807, 2.05) is 0 Å². The van der Waals surface area contributed by atoms with E-state index >= 15 is 0 Å². The number of benzene rings is 2. The number of nitrogens with one attached hydrogen (secondary N) is 1. The smallest absolute Gasteiger partial charge is 0.341 e. The number of hydrazone groups is 1. The number of carboxylic acid groups (broad SMARTS) is 1. The van der Waals surface area contributed by atoms with Crippen LogP contribution in [0.2, 0.25) is 5.02 Å². The van der Waals surface area contributed by atoms with Crippen LogP contribution < -0.4 is 19.6 Å². The lowest BCUT2D eigenvalue weighted by Crippen LogP contribution is -2.18. The van der Waals surface area contributed by atoms with Crippen LogP contribution in [0.3, 0.4) is 0 Å². The maximum Gasteiger partial charge on any atom is 0.341 e. The summed E-state index contributed by atoms with van der Waals surface area (Å²) in [6.45, 7) is -0.557. The number of carboxylic acids is 1. The molecule has 0 atom stereocenters. The predicted molar refractivity (Wildman–Crippen MR) is 99.2 cm³/mol. The monoisotopic (exact) mass is 392 g/mol. The highest BCUT2D eigenvalue weighted by molar-refractivity contribution is 6.32. The van der Waals surface area contributed by atoms with Gasteiger partial charge < -0.3 is 19.3 Å². The molecular formula is C18H17ClN2O6. The van der Waals surface area contributed by atoms with Crippen molar-refractivity contribution < 1.29 is 28.9 Å². The number of halogens is 1. The van der Waals surface area contributed by atoms with E-state index in [0.29, 0.717) is 16.9 Å². The van der Waals surface area contributed by atoms with Crippen LogP contribution in [0.25, 0.3) is 0 Å². The van der Waals surface area contributed by atoms with Gasteiger partial charge in [0.1, 0.15) is 5.75 Å². The Morgan fingerprint density at radius 2 is 1.89 bits per heavy atom. The molecule has 8 nitrogen and oxygen atoms in total. The largest absolute Gasteiger partial charge is 0.496 e. The van der Waals surface area contributed by atoms with E-state index in [0.717, 1.165) is 0 Å². The van der Waals surface area contributed by atoms with Crippen LogP contribution in [0.5, 0.6) is 17.2 Å². The molecule has 0 spiro atoms. The van der Waals surface area contributed by atoms with Gasteiger partial charge in [-0.05, 0) is 29.8 Å². The Kier molecular flexibility index (Phi) is 7.01. The minimum absolute atomic E-state index is 0.108. The summed E-state index contributed by atoms with van der Waals surface area (Å²) in [6, 6.07) is 9.78. The molecule has 2 rings (SSSR count). The van der Waals surface area contributed by atoms with Gasteiger partial charge in [0.15, 0.2) is 18.1 Å². The second-order valence-electron chi connectivity index (χ2n) is 5.12. The van der Waals surface area contributed by atoms with Crippen LogP contribution in [-0.2, 0) is 4.79 Å². The van der Waals surface area contributed by atoms with E-state index < -0.39 is 18.5 Å². The maximum atomic E-state index is 12.2. The minimum Gasteiger partial charge on any atom is -0.496 e. The van der Waals surface area contributed by atoms with Gasteiger partial charge in [0, 0.05) is 0 Å². The second kappa shape index (κ2) is 9.44. The maximum absolute atomic E-state index is 12.2. The minimum atomic E-state index is -1.14. The summed E-state index contributed by atoms with van der Waals surface area (Å²) in [5.41, 5.74) is 3.24. The molecule has 0 aliphatic heterocycles. The molecular weight excluding hydrogens is 376 g/mol. The zero-order valence-electron chi connectivity index (χ0n) is 14.6. The number of carbonyl (C=O) groups is 2. The second-order valence-corrected chi connectivity index (χ2v) is 5.52. The molecule has 0 aliphatic rings. The molecule has 0 aliphatic carbocycles. The first-order valence-electron chi connectivity index (χ1n) is 7.64. The van der Waals surface area contributed by atoms with Gasteiger partial charge in [0.05, 0.1) is 31.0 Å². The first-order valence-corrected chi connectivity index (χ1v) is 8.02. The fourth-order valence-corrected chi connectivity index (χ4v) is 2.42. The van der Waals surface area contributed by atoms with Gasteiger partial charge >= 0.3 is 5.97 Å². The van der Waals surface area contributed by atoms with E-state index in [2.05, 4.69) is 10.5 Å². The lowest BCUT2D eigenvalue weighted by molar-refractivity contribution is -0.139. The van der Waals surface area contributed by atoms with Crippen LogP contribution in [0.1, 0.15) is 15.9 Å². The molecule has 0 aromatic heterocycles. The normalized spacial score (nSPS) is 10.5. The number of hydrogen-bond donors (Lipinski definition) is 2. The molecule has 1 amide bonds. The summed E-state index contributed by atoms with van der Waals surface area (Å²) < 4.78 is 15.4. The summed E-state index contributed by atoms with van der Waals surface area (Å²) in [7, 11) is 2.86. The Bertz CT molecular complexity index is 869. The number of ether oxygens (including phenoxy) is 3. The van der Waals surface area contributed by atoms with Crippen LogP contribution in [-0.4, -0.2) is 44.0 Å². The number of carbonyl (C=O) groups excluding carboxylic acids is 1. The number of amides is 1. The molecule has 2 aromatic rings. The zero-order valence-corrected chi connectivity index (χ0v) is 15.3. The number of methoxy groups -OCH3 is 2. The summed E-state index contributed by atoms with van der Waals surface area (Å²) in [4.78, 5) is 22.8. The molecule has 0 unspecified atom stereocenters. The molecule has 0 radical (unpaired) electrons. The third kappa shape index (κ3) is 5.35. The van der Waals surface area contributed by atoms with Gasteiger partial charge in [0.2, 0.25) is 0 Å². The first-order chi connectivity index (χ1) is 13.0. The number of rotatable bonds is 8. The Morgan fingerprint density at radius 3 is 2.56 bits per heavy atom. The quantitative estimate of drug-likeness (QED) is 0.528. The molecule has 2 aromatic carbocycles. The number of para-hydroxylation sites is 1.